The summed E-state index contributed by atoms with van der Waals surface area (Å²) in [7, 11) is 0. The summed E-state index contributed by atoms with van der Waals surface area (Å²) in [6, 6.07) is 8.40. The summed E-state index contributed by atoms with van der Waals surface area (Å²) >= 11 is 0. The molecule has 0 bridgehead atoms. The number of rotatable bonds is 1. The molecule has 2 nitrogen and oxygen atoms in total. The summed E-state index contributed by atoms with van der Waals surface area (Å²) in [6.07, 6.45) is 2.95. The number of aryl methyl sites for hydroxylation is 1. The average Bonchev–Trinajstić information content (AvgIpc) is 2.47. The van der Waals surface area contributed by atoms with E-state index in [0.717, 1.165) is 11.9 Å². The van der Waals surface area contributed by atoms with E-state index in [9.17, 15) is 0 Å². The molecule has 0 amide bonds. The SMILES string of the molecule is CCc1ccc2c(ccn2N)c1. The number of nitrogen functional groups attached to an aromatic ring is 1. The summed E-state index contributed by atoms with van der Waals surface area (Å²) in [5.74, 6) is 5.68. The fraction of sp³-hybridized carbons (Fsp3) is 0.200. The smallest absolute Gasteiger partial charge is 0.0690 e. The number of aromatic nitrogens is 1. The average molecular weight is 160 g/mol. The van der Waals surface area contributed by atoms with Crippen molar-refractivity contribution >= 4 is 10.9 Å². The molecular formula is C10H12N2. The quantitative estimate of drug-likeness (QED) is 0.635. The fourth-order valence-corrected chi connectivity index (χ4v) is 1.43. The van der Waals surface area contributed by atoms with Gasteiger partial charge in [-0.15, -0.1) is 0 Å². The molecule has 0 radical (unpaired) electrons. The minimum absolute atomic E-state index is 1.08. The second-order valence-electron chi connectivity index (χ2n) is 2.97. The van der Waals surface area contributed by atoms with Crippen LogP contribution in [0.15, 0.2) is 30.5 Å². The molecule has 0 aliphatic heterocycles. The third-order valence-electron chi connectivity index (χ3n) is 2.19. The minimum Gasteiger partial charge on any atom is -0.339 e. The Balaban J connectivity index is 2.69. The normalized spacial score (nSPS) is 10.8. The van der Waals surface area contributed by atoms with Crippen molar-refractivity contribution in [1.82, 2.24) is 4.68 Å². The molecule has 62 valence electrons. The number of benzene rings is 1. The van der Waals surface area contributed by atoms with Gasteiger partial charge in [-0.05, 0) is 30.2 Å². The zero-order chi connectivity index (χ0) is 8.55. The van der Waals surface area contributed by atoms with Crippen molar-refractivity contribution in [3.05, 3.63) is 36.0 Å². The maximum atomic E-state index is 5.68. The molecule has 0 saturated heterocycles. The monoisotopic (exact) mass is 160 g/mol. The van der Waals surface area contributed by atoms with Gasteiger partial charge in [0.2, 0.25) is 0 Å². The lowest BCUT2D eigenvalue weighted by atomic mass is 10.1. The van der Waals surface area contributed by atoms with Crippen molar-refractivity contribution in [3.63, 3.8) is 0 Å². The fourth-order valence-electron chi connectivity index (χ4n) is 1.43. The van der Waals surface area contributed by atoms with E-state index in [1.807, 2.05) is 12.3 Å². The molecule has 1 aromatic heterocycles. The highest BCUT2D eigenvalue weighted by molar-refractivity contribution is 5.80. The zero-order valence-electron chi connectivity index (χ0n) is 7.12. The third kappa shape index (κ3) is 0.961. The van der Waals surface area contributed by atoms with Crippen LogP contribution in [-0.4, -0.2) is 4.68 Å². The van der Waals surface area contributed by atoms with E-state index in [2.05, 4.69) is 25.1 Å². The van der Waals surface area contributed by atoms with E-state index in [1.165, 1.54) is 10.9 Å². The van der Waals surface area contributed by atoms with Crippen molar-refractivity contribution in [3.8, 4) is 0 Å². The Kier molecular flexibility index (Phi) is 1.54. The summed E-state index contributed by atoms with van der Waals surface area (Å²) in [5.41, 5.74) is 2.45. The molecule has 0 aliphatic rings. The van der Waals surface area contributed by atoms with Crippen LogP contribution in [-0.2, 0) is 6.42 Å². The highest BCUT2D eigenvalue weighted by atomic mass is 15.3. The van der Waals surface area contributed by atoms with Gasteiger partial charge in [-0.3, -0.25) is 4.68 Å². The Morgan fingerprint density at radius 1 is 1.33 bits per heavy atom. The zero-order valence-corrected chi connectivity index (χ0v) is 7.12. The van der Waals surface area contributed by atoms with Crippen molar-refractivity contribution in [2.45, 2.75) is 13.3 Å². The van der Waals surface area contributed by atoms with Gasteiger partial charge in [-0.2, -0.15) is 0 Å². The Morgan fingerprint density at radius 3 is 2.92 bits per heavy atom. The van der Waals surface area contributed by atoms with Crippen molar-refractivity contribution in [1.29, 1.82) is 0 Å². The van der Waals surface area contributed by atoms with Gasteiger partial charge in [-0.1, -0.05) is 13.0 Å². The van der Waals surface area contributed by atoms with Crippen LogP contribution >= 0.6 is 0 Å². The molecule has 1 aromatic carbocycles. The first-order chi connectivity index (χ1) is 5.81. The number of hydrogen-bond acceptors (Lipinski definition) is 1. The summed E-state index contributed by atoms with van der Waals surface area (Å²) in [6.45, 7) is 2.15. The van der Waals surface area contributed by atoms with Crippen LogP contribution in [0.5, 0.6) is 0 Å². The van der Waals surface area contributed by atoms with E-state index in [-0.39, 0.29) is 0 Å². The Bertz CT molecular complexity index is 401. The highest BCUT2D eigenvalue weighted by Crippen LogP contribution is 2.15. The van der Waals surface area contributed by atoms with Gasteiger partial charge in [0.15, 0.2) is 0 Å². The number of fused-ring (bicyclic) bond motifs is 1. The first-order valence-electron chi connectivity index (χ1n) is 4.16. The molecule has 1 heterocycles. The number of nitrogens with zero attached hydrogens (tertiary/aromatic N) is 1. The lowest BCUT2D eigenvalue weighted by Gasteiger charge is -1.98. The van der Waals surface area contributed by atoms with E-state index in [1.54, 1.807) is 4.68 Å². The molecule has 0 atom stereocenters. The molecular weight excluding hydrogens is 148 g/mol. The van der Waals surface area contributed by atoms with Crippen LogP contribution in [0.1, 0.15) is 12.5 Å². The van der Waals surface area contributed by atoms with Gasteiger partial charge in [0.05, 0.1) is 5.52 Å². The molecule has 2 N–H and O–H groups in total. The maximum absolute atomic E-state index is 5.68. The molecule has 0 fully saturated rings. The Hall–Kier alpha value is -1.44. The summed E-state index contributed by atoms with van der Waals surface area (Å²) in [5, 5.41) is 1.22. The molecule has 0 saturated carbocycles. The molecule has 0 spiro atoms. The number of hydrogen-bond donors (Lipinski definition) is 1. The van der Waals surface area contributed by atoms with Crippen molar-refractivity contribution in [2.75, 3.05) is 5.84 Å². The first-order valence-corrected chi connectivity index (χ1v) is 4.16. The highest BCUT2D eigenvalue weighted by Gasteiger charge is 1.97. The van der Waals surface area contributed by atoms with E-state index >= 15 is 0 Å². The van der Waals surface area contributed by atoms with Gasteiger partial charge in [-0.25, -0.2) is 0 Å². The molecule has 2 heteroatoms. The maximum Gasteiger partial charge on any atom is 0.0690 e. The first kappa shape index (κ1) is 7.22. The van der Waals surface area contributed by atoms with Crippen LogP contribution in [0, 0.1) is 0 Å². The van der Waals surface area contributed by atoms with Crippen LogP contribution in [0.3, 0.4) is 0 Å². The molecule has 2 aromatic rings. The Labute approximate surface area is 71.6 Å². The predicted octanol–water partition coefficient (Wildman–Crippen LogP) is 1.92. The van der Waals surface area contributed by atoms with Crippen molar-refractivity contribution < 1.29 is 0 Å². The third-order valence-corrected chi connectivity index (χ3v) is 2.19. The van der Waals surface area contributed by atoms with Gasteiger partial charge in [0.1, 0.15) is 0 Å². The Morgan fingerprint density at radius 2 is 2.17 bits per heavy atom. The lowest BCUT2D eigenvalue weighted by Crippen LogP contribution is -2.04. The molecule has 0 unspecified atom stereocenters. The van der Waals surface area contributed by atoms with Crippen LogP contribution in [0.2, 0.25) is 0 Å². The van der Waals surface area contributed by atoms with Gasteiger partial charge < -0.3 is 5.84 Å². The standard InChI is InChI=1S/C10H12N2/c1-2-8-3-4-10-9(7-8)5-6-12(10)11/h3-7H,2,11H2,1H3. The van der Waals surface area contributed by atoms with Gasteiger partial charge in [0, 0.05) is 11.6 Å². The van der Waals surface area contributed by atoms with Crippen LogP contribution < -0.4 is 5.84 Å². The summed E-state index contributed by atoms with van der Waals surface area (Å²) in [4.78, 5) is 0. The minimum atomic E-state index is 1.08. The largest absolute Gasteiger partial charge is 0.339 e. The van der Waals surface area contributed by atoms with Crippen LogP contribution in [0.4, 0.5) is 0 Å². The molecule has 12 heavy (non-hydrogen) atoms. The predicted molar refractivity (Wildman–Crippen MR) is 51.5 cm³/mol. The second kappa shape index (κ2) is 2.55. The number of nitrogens with two attached hydrogens (primary N) is 1. The molecule has 0 aliphatic carbocycles. The van der Waals surface area contributed by atoms with E-state index < -0.39 is 0 Å². The lowest BCUT2D eigenvalue weighted by molar-refractivity contribution is 1.06. The van der Waals surface area contributed by atoms with E-state index in [0.29, 0.717) is 0 Å². The van der Waals surface area contributed by atoms with Gasteiger partial charge in [0.25, 0.3) is 0 Å². The topological polar surface area (TPSA) is 30.9 Å². The van der Waals surface area contributed by atoms with Crippen molar-refractivity contribution in [2.24, 2.45) is 0 Å². The van der Waals surface area contributed by atoms with Gasteiger partial charge >= 0.3 is 0 Å². The van der Waals surface area contributed by atoms with E-state index in [4.69, 9.17) is 5.84 Å². The summed E-state index contributed by atoms with van der Waals surface area (Å²) < 4.78 is 1.65. The molecule has 2 rings (SSSR count). The second-order valence-corrected chi connectivity index (χ2v) is 2.97. The van der Waals surface area contributed by atoms with Crippen LogP contribution in [0.25, 0.3) is 10.9 Å².